The topological polar surface area (TPSA) is 32.8 Å². The molecule has 24 heavy (non-hydrogen) atoms. The highest BCUT2D eigenvalue weighted by molar-refractivity contribution is 5.94. The highest BCUT2D eigenvalue weighted by Gasteiger charge is 2.28. The fraction of sp³-hybridized carbons (Fsp3) is 0.650. The number of morpholine rings is 1. The summed E-state index contributed by atoms with van der Waals surface area (Å²) in [6.07, 6.45) is 2.88. The highest BCUT2D eigenvalue weighted by Crippen LogP contribution is 2.22. The van der Waals surface area contributed by atoms with E-state index in [-0.39, 0.29) is 5.91 Å². The number of benzene rings is 1. The summed E-state index contributed by atoms with van der Waals surface area (Å²) < 4.78 is 5.82. The Morgan fingerprint density at radius 2 is 1.83 bits per heavy atom. The van der Waals surface area contributed by atoms with E-state index in [0.717, 1.165) is 56.7 Å². The molecule has 0 unspecified atom stereocenters. The van der Waals surface area contributed by atoms with Crippen LogP contribution in [0.5, 0.6) is 0 Å². The molecule has 4 nitrogen and oxygen atoms in total. The second-order valence-electron chi connectivity index (χ2n) is 7.58. The van der Waals surface area contributed by atoms with Gasteiger partial charge in [-0.25, -0.2) is 0 Å². The molecule has 2 aliphatic heterocycles. The van der Waals surface area contributed by atoms with Crippen molar-refractivity contribution in [2.75, 3.05) is 32.7 Å². The lowest BCUT2D eigenvalue weighted by molar-refractivity contribution is -0.0728. The largest absolute Gasteiger partial charge is 0.373 e. The van der Waals surface area contributed by atoms with Crippen molar-refractivity contribution in [3.05, 3.63) is 35.4 Å². The number of carbonyl (C=O) groups excluding carboxylic acids is 1. The van der Waals surface area contributed by atoms with Gasteiger partial charge in [-0.1, -0.05) is 17.7 Å². The second kappa shape index (κ2) is 7.66. The van der Waals surface area contributed by atoms with Crippen LogP contribution in [-0.2, 0) is 4.74 Å². The lowest BCUT2D eigenvalue weighted by Gasteiger charge is -2.39. The number of aryl methyl sites for hydroxylation is 1. The predicted octanol–water partition coefficient (Wildman–Crippen LogP) is 2.96. The van der Waals surface area contributed by atoms with Crippen molar-refractivity contribution < 1.29 is 9.53 Å². The van der Waals surface area contributed by atoms with E-state index in [0.29, 0.717) is 18.1 Å². The minimum absolute atomic E-state index is 0.186. The van der Waals surface area contributed by atoms with E-state index >= 15 is 0 Å². The molecule has 0 radical (unpaired) electrons. The third-order valence-corrected chi connectivity index (χ3v) is 5.18. The Morgan fingerprint density at radius 3 is 2.46 bits per heavy atom. The average molecular weight is 330 g/mol. The SMILES string of the molecule is Cc1cccc(C(=O)N2CCC(CN3C[C@@H](C)O[C@@H](C)C3)CC2)c1. The van der Waals surface area contributed by atoms with Crippen LogP contribution in [0.2, 0.25) is 0 Å². The Labute approximate surface area is 145 Å². The zero-order chi connectivity index (χ0) is 17.1. The monoisotopic (exact) mass is 330 g/mol. The van der Waals surface area contributed by atoms with Crippen LogP contribution in [0.4, 0.5) is 0 Å². The van der Waals surface area contributed by atoms with Crippen LogP contribution >= 0.6 is 0 Å². The zero-order valence-electron chi connectivity index (χ0n) is 15.2. The van der Waals surface area contributed by atoms with Crippen LogP contribution < -0.4 is 0 Å². The van der Waals surface area contributed by atoms with E-state index in [9.17, 15) is 4.79 Å². The standard InChI is InChI=1S/C20H30N2O2/c1-15-5-4-6-19(11-15)20(23)22-9-7-18(8-10-22)14-21-12-16(2)24-17(3)13-21/h4-6,11,16-18H,7-10,12-14H2,1-3H3/t16-,17+. The summed E-state index contributed by atoms with van der Waals surface area (Å²) >= 11 is 0. The quantitative estimate of drug-likeness (QED) is 0.854. The van der Waals surface area contributed by atoms with Gasteiger partial charge in [-0.15, -0.1) is 0 Å². The van der Waals surface area contributed by atoms with Crippen molar-refractivity contribution in [2.45, 2.75) is 45.8 Å². The van der Waals surface area contributed by atoms with Crippen LogP contribution in [0, 0.1) is 12.8 Å². The number of ether oxygens (including phenoxy) is 1. The van der Waals surface area contributed by atoms with Gasteiger partial charge in [0.1, 0.15) is 0 Å². The Morgan fingerprint density at radius 1 is 1.17 bits per heavy atom. The Bertz CT molecular complexity index is 557. The Balaban J connectivity index is 1.49. The molecule has 2 atom stereocenters. The highest BCUT2D eigenvalue weighted by atomic mass is 16.5. The molecule has 4 heteroatoms. The van der Waals surface area contributed by atoms with Crippen LogP contribution in [0.3, 0.4) is 0 Å². The molecule has 0 spiro atoms. The van der Waals surface area contributed by atoms with Crippen LogP contribution in [-0.4, -0.2) is 60.6 Å². The van der Waals surface area contributed by atoms with Gasteiger partial charge in [-0.2, -0.15) is 0 Å². The van der Waals surface area contributed by atoms with Gasteiger partial charge in [0.2, 0.25) is 0 Å². The van der Waals surface area contributed by atoms with Crippen molar-refractivity contribution in [2.24, 2.45) is 5.92 Å². The number of hydrogen-bond acceptors (Lipinski definition) is 3. The van der Waals surface area contributed by atoms with Crippen LogP contribution in [0.15, 0.2) is 24.3 Å². The first-order valence-corrected chi connectivity index (χ1v) is 9.25. The van der Waals surface area contributed by atoms with Crippen molar-refractivity contribution in [1.29, 1.82) is 0 Å². The molecule has 2 saturated heterocycles. The minimum Gasteiger partial charge on any atom is -0.373 e. The first-order valence-electron chi connectivity index (χ1n) is 9.25. The fourth-order valence-corrected chi connectivity index (χ4v) is 4.08. The molecular weight excluding hydrogens is 300 g/mol. The summed E-state index contributed by atoms with van der Waals surface area (Å²) in [7, 11) is 0. The second-order valence-corrected chi connectivity index (χ2v) is 7.58. The summed E-state index contributed by atoms with van der Waals surface area (Å²) in [5.74, 6) is 0.884. The first kappa shape index (κ1) is 17.4. The number of rotatable bonds is 3. The van der Waals surface area contributed by atoms with E-state index in [1.165, 1.54) is 0 Å². The van der Waals surface area contributed by atoms with E-state index < -0.39 is 0 Å². The molecule has 0 N–H and O–H groups in total. The maximum Gasteiger partial charge on any atom is 0.253 e. The molecule has 2 heterocycles. The molecule has 3 rings (SSSR count). The normalized spacial score (nSPS) is 26.5. The summed E-state index contributed by atoms with van der Waals surface area (Å²) in [5.41, 5.74) is 1.97. The van der Waals surface area contributed by atoms with Crippen LogP contribution in [0.25, 0.3) is 0 Å². The third-order valence-electron chi connectivity index (χ3n) is 5.18. The van der Waals surface area contributed by atoms with Gasteiger partial charge >= 0.3 is 0 Å². The number of hydrogen-bond donors (Lipinski definition) is 0. The summed E-state index contributed by atoms with van der Waals surface area (Å²) in [4.78, 5) is 17.2. The molecule has 0 saturated carbocycles. The third kappa shape index (κ3) is 4.37. The number of piperidine rings is 1. The lowest BCUT2D eigenvalue weighted by Crippen LogP contribution is -2.48. The number of nitrogens with zero attached hydrogens (tertiary/aromatic N) is 2. The van der Waals surface area contributed by atoms with Crippen LogP contribution in [0.1, 0.15) is 42.6 Å². The molecule has 0 aromatic heterocycles. The van der Waals surface area contributed by atoms with Gasteiger partial charge in [0.25, 0.3) is 5.91 Å². The Kier molecular flexibility index (Phi) is 5.57. The van der Waals surface area contributed by atoms with Crippen molar-refractivity contribution in [1.82, 2.24) is 9.80 Å². The number of amides is 1. The Hall–Kier alpha value is -1.39. The van der Waals surface area contributed by atoms with Gasteiger partial charge < -0.3 is 9.64 Å². The smallest absolute Gasteiger partial charge is 0.253 e. The van der Waals surface area contributed by atoms with Gasteiger partial charge in [-0.05, 0) is 51.7 Å². The maximum absolute atomic E-state index is 12.6. The molecule has 1 aromatic rings. The van der Waals surface area contributed by atoms with Gasteiger partial charge in [-0.3, -0.25) is 9.69 Å². The molecule has 0 bridgehead atoms. The fourth-order valence-electron chi connectivity index (χ4n) is 4.08. The molecule has 2 fully saturated rings. The number of likely N-dealkylation sites (tertiary alicyclic amines) is 1. The van der Waals surface area contributed by atoms with Gasteiger partial charge in [0.05, 0.1) is 12.2 Å². The molecule has 1 aromatic carbocycles. The number of carbonyl (C=O) groups is 1. The molecule has 2 aliphatic rings. The predicted molar refractivity (Wildman–Crippen MR) is 96.3 cm³/mol. The molecule has 0 aliphatic carbocycles. The summed E-state index contributed by atoms with van der Waals surface area (Å²) in [6, 6.07) is 7.92. The van der Waals surface area contributed by atoms with E-state index in [2.05, 4.69) is 18.7 Å². The van der Waals surface area contributed by atoms with E-state index in [1.807, 2.05) is 36.1 Å². The van der Waals surface area contributed by atoms with Crippen molar-refractivity contribution in [3.63, 3.8) is 0 Å². The minimum atomic E-state index is 0.186. The van der Waals surface area contributed by atoms with E-state index in [1.54, 1.807) is 0 Å². The molecular formula is C20H30N2O2. The summed E-state index contributed by atoms with van der Waals surface area (Å²) in [5, 5.41) is 0. The summed E-state index contributed by atoms with van der Waals surface area (Å²) in [6.45, 7) is 11.3. The lowest BCUT2D eigenvalue weighted by atomic mass is 9.95. The van der Waals surface area contributed by atoms with Gasteiger partial charge in [0, 0.05) is 38.3 Å². The van der Waals surface area contributed by atoms with E-state index in [4.69, 9.17) is 4.74 Å². The van der Waals surface area contributed by atoms with Crippen molar-refractivity contribution >= 4 is 5.91 Å². The average Bonchev–Trinajstić information content (AvgIpc) is 2.54. The zero-order valence-corrected chi connectivity index (χ0v) is 15.2. The maximum atomic E-state index is 12.6. The molecule has 1 amide bonds. The molecule has 132 valence electrons. The van der Waals surface area contributed by atoms with Gasteiger partial charge in [0.15, 0.2) is 0 Å². The van der Waals surface area contributed by atoms with Crippen molar-refractivity contribution in [3.8, 4) is 0 Å². The first-order chi connectivity index (χ1) is 11.5.